The second kappa shape index (κ2) is 7.31. The van der Waals surface area contributed by atoms with Crippen LogP contribution >= 0.6 is 15.9 Å². The van der Waals surface area contributed by atoms with Crippen LogP contribution in [0.15, 0.2) is 46.9 Å². The van der Waals surface area contributed by atoms with Gasteiger partial charge in [-0.3, -0.25) is 14.5 Å². The number of rotatable bonds is 3. The lowest BCUT2D eigenvalue weighted by molar-refractivity contribution is -0.131. The Labute approximate surface area is 164 Å². The third-order valence-electron chi connectivity index (χ3n) is 5.02. The Hall–Kier alpha value is -2.41. The van der Waals surface area contributed by atoms with Crippen LogP contribution in [0.1, 0.15) is 17.9 Å². The first-order valence-electron chi connectivity index (χ1n) is 8.77. The molecule has 4 rings (SSSR count). The van der Waals surface area contributed by atoms with E-state index in [1.807, 2.05) is 12.1 Å². The number of fused-ring (bicyclic) bond motifs is 1. The molecule has 0 aromatic heterocycles. The molecule has 27 heavy (non-hydrogen) atoms. The number of hydrogen-bond donors (Lipinski definition) is 0. The molecule has 2 heterocycles. The van der Waals surface area contributed by atoms with Gasteiger partial charge >= 0.3 is 0 Å². The fraction of sp³-hybridized carbons (Fsp3) is 0.300. The normalized spacial score (nSPS) is 19.0. The Morgan fingerprint density at radius 2 is 2.11 bits per heavy atom. The zero-order chi connectivity index (χ0) is 19.0. The maximum atomic E-state index is 13.5. The summed E-state index contributed by atoms with van der Waals surface area (Å²) < 4.78 is 19.8. The van der Waals surface area contributed by atoms with Gasteiger partial charge in [-0.1, -0.05) is 28.1 Å². The topological polar surface area (TPSA) is 49.9 Å². The highest BCUT2D eigenvalue weighted by Gasteiger charge is 2.32. The summed E-state index contributed by atoms with van der Waals surface area (Å²) in [5.74, 6) is 0.0835. The molecular formula is C20H18BrFN2O3. The Morgan fingerprint density at radius 1 is 1.26 bits per heavy atom. The van der Waals surface area contributed by atoms with Crippen molar-refractivity contribution in [3.63, 3.8) is 0 Å². The fourth-order valence-corrected chi connectivity index (χ4v) is 3.95. The van der Waals surface area contributed by atoms with Gasteiger partial charge in [-0.25, -0.2) is 4.39 Å². The minimum absolute atomic E-state index is 0.0211. The Bertz CT molecular complexity index is 905. The van der Waals surface area contributed by atoms with Gasteiger partial charge in [0.2, 0.25) is 5.91 Å². The lowest BCUT2D eigenvalue weighted by atomic mass is 9.98. The second-order valence-corrected chi connectivity index (χ2v) is 7.68. The van der Waals surface area contributed by atoms with Gasteiger partial charge in [0, 0.05) is 23.5 Å². The molecule has 0 spiro atoms. The van der Waals surface area contributed by atoms with E-state index in [2.05, 4.69) is 15.9 Å². The van der Waals surface area contributed by atoms with E-state index in [-0.39, 0.29) is 36.7 Å². The summed E-state index contributed by atoms with van der Waals surface area (Å²) in [6.45, 7) is 1.04. The van der Waals surface area contributed by atoms with Gasteiger partial charge in [0.05, 0.1) is 5.69 Å². The minimum Gasteiger partial charge on any atom is -0.482 e. The number of amides is 2. The van der Waals surface area contributed by atoms with E-state index in [1.54, 1.807) is 23.1 Å². The zero-order valence-electron chi connectivity index (χ0n) is 14.5. The average Bonchev–Trinajstić information content (AvgIpc) is 3.14. The van der Waals surface area contributed by atoms with Crippen LogP contribution in [0.25, 0.3) is 0 Å². The lowest BCUT2D eigenvalue weighted by Gasteiger charge is -2.30. The highest BCUT2D eigenvalue weighted by molar-refractivity contribution is 9.10. The minimum atomic E-state index is -0.265. The number of benzene rings is 2. The van der Waals surface area contributed by atoms with E-state index in [0.717, 1.165) is 16.5 Å². The van der Waals surface area contributed by atoms with Crippen LogP contribution in [0.2, 0.25) is 0 Å². The molecule has 7 heteroatoms. The smallest absolute Gasteiger partial charge is 0.265 e. The largest absolute Gasteiger partial charge is 0.482 e. The highest BCUT2D eigenvalue weighted by atomic mass is 79.9. The number of ether oxygens (including phenoxy) is 1. The number of halogens is 2. The number of carbonyl (C=O) groups excluding carboxylic acids is 2. The molecule has 0 bridgehead atoms. The van der Waals surface area contributed by atoms with Gasteiger partial charge in [0.15, 0.2) is 6.61 Å². The van der Waals surface area contributed by atoms with Crippen LogP contribution in [0.3, 0.4) is 0 Å². The summed E-state index contributed by atoms with van der Waals surface area (Å²) in [5.41, 5.74) is 1.51. The van der Waals surface area contributed by atoms with E-state index in [4.69, 9.17) is 4.74 Å². The first-order chi connectivity index (χ1) is 13.0. The van der Waals surface area contributed by atoms with Crippen LogP contribution in [0.4, 0.5) is 10.1 Å². The maximum absolute atomic E-state index is 13.5. The van der Waals surface area contributed by atoms with Crippen molar-refractivity contribution in [1.29, 1.82) is 0 Å². The zero-order valence-corrected chi connectivity index (χ0v) is 16.1. The summed E-state index contributed by atoms with van der Waals surface area (Å²) in [7, 11) is 0. The molecule has 0 aliphatic carbocycles. The molecular weight excluding hydrogens is 415 g/mol. The van der Waals surface area contributed by atoms with E-state index < -0.39 is 0 Å². The number of likely N-dealkylation sites (tertiary alicyclic amines) is 1. The Kier molecular flexibility index (Phi) is 4.86. The van der Waals surface area contributed by atoms with Gasteiger partial charge in [-0.05, 0) is 42.3 Å². The van der Waals surface area contributed by atoms with Crippen molar-refractivity contribution < 1.29 is 18.7 Å². The number of nitrogens with zero attached hydrogens (tertiary/aromatic N) is 2. The van der Waals surface area contributed by atoms with Crippen molar-refractivity contribution in [1.82, 2.24) is 4.90 Å². The molecule has 0 unspecified atom stereocenters. The van der Waals surface area contributed by atoms with E-state index in [0.29, 0.717) is 24.5 Å². The van der Waals surface area contributed by atoms with Crippen molar-refractivity contribution in [2.45, 2.75) is 12.3 Å². The van der Waals surface area contributed by atoms with Gasteiger partial charge in [-0.15, -0.1) is 0 Å². The summed E-state index contributed by atoms with van der Waals surface area (Å²) in [6, 6.07) is 11.9. The summed E-state index contributed by atoms with van der Waals surface area (Å²) >= 11 is 3.38. The Balaban J connectivity index is 1.46. The van der Waals surface area contributed by atoms with E-state index >= 15 is 0 Å². The molecule has 0 radical (unpaired) electrons. The van der Waals surface area contributed by atoms with E-state index in [1.165, 1.54) is 17.0 Å². The standard InChI is InChI=1S/C20H18BrFN2O3/c21-15-4-5-17-18(9-15)27-12-20(26)24(17)11-19(25)23-7-6-14(10-23)13-2-1-3-16(22)8-13/h1-5,8-9,14H,6-7,10-12H2/t14-/m1/s1. The molecule has 1 atom stereocenters. The predicted molar refractivity (Wildman–Crippen MR) is 102 cm³/mol. The van der Waals surface area contributed by atoms with Crippen molar-refractivity contribution in [2.24, 2.45) is 0 Å². The van der Waals surface area contributed by atoms with Crippen LogP contribution in [0.5, 0.6) is 5.75 Å². The van der Waals surface area contributed by atoms with Gasteiger partial charge in [0.25, 0.3) is 5.91 Å². The van der Waals surface area contributed by atoms with Crippen molar-refractivity contribution in [3.05, 3.63) is 58.3 Å². The fourth-order valence-electron chi connectivity index (χ4n) is 3.61. The number of carbonyl (C=O) groups is 2. The molecule has 0 N–H and O–H groups in total. The molecule has 140 valence electrons. The summed E-state index contributed by atoms with van der Waals surface area (Å²) in [6.07, 6.45) is 0.787. The molecule has 2 aromatic carbocycles. The third kappa shape index (κ3) is 3.69. The van der Waals surface area contributed by atoms with Gasteiger partial charge < -0.3 is 9.64 Å². The monoisotopic (exact) mass is 432 g/mol. The summed E-state index contributed by atoms with van der Waals surface area (Å²) in [4.78, 5) is 28.3. The van der Waals surface area contributed by atoms with Crippen LogP contribution in [0, 0.1) is 5.82 Å². The molecule has 2 aliphatic heterocycles. The first-order valence-corrected chi connectivity index (χ1v) is 9.56. The van der Waals surface area contributed by atoms with Crippen LogP contribution in [-0.4, -0.2) is 43.0 Å². The molecule has 2 amide bonds. The molecule has 0 saturated carbocycles. The maximum Gasteiger partial charge on any atom is 0.265 e. The second-order valence-electron chi connectivity index (χ2n) is 6.76. The Morgan fingerprint density at radius 3 is 2.93 bits per heavy atom. The predicted octanol–water partition coefficient (Wildman–Crippen LogP) is 3.33. The lowest BCUT2D eigenvalue weighted by Crippen LogP contribution is -2.46. The van der Waals surface area contributed by atoms with Crippen LogP contribution in [-0.2, 0) is 9.59 Å². The molecule has 1 fully saturated rings. The van der Waals surface area contributed by atoms with Crippen molar-refractivity contribution >= 4 is 33.4 Å². The number of hydrogen-bond acceptors (Lipinski definition) is 3. The first kappa shape index (κ1) is 18.0. The SMILES string of the molecule is O=C(CN1C(=O)COc2cc(Br)ccc21)N1CC[C@@H](c2cccc(F)c2)C1. The molecule has 2 aliphatic rings. The van der Waals surface area contributed by atoms with Crippen molar-refractivity contribution in [2.75, 3.05) is 31.1 Å². The summed E-state index contributed by atoms with van der Waals surface area (Å²) in [5, 5.41) is 0. The molecule has 5 nitrogen and oxygen atoms in total. The third-order valence-corrected chi connectivity index (χ3v) is 5.51. The highest BCUT2D eigenvalue weighted by Crippen LogP contribution is 2.35. The number of anilines is 1. The van der Waals surface area contributed by atoms with Gasteiger partial charge in [0.1, 0.15) is 18.1 Å². The van der Waals surface area contributed by atoms with Crippen molar-refractivity contribution in [3.8, 4) is 5.75 Å². The quantitative estimate of drug-likeness (QED) is 0.747. The van der Waals surface area contributed by atoms with E-state index in [9.17, 15) is 14.0 Å². The molecule has 1 saturated heterocycles. The van der Waals surface area contributed by atoms with Crippen LogP contribution < -0.4 is 9.64 Å². The average molecular weight is 433 g/mol. The van der Waals surface area contributed by atoms with Gasteiger partial charge in [-0.2, -0.15) is 0 Å². The molecule has 2 aromatic rings.